The van der Waals surface area contributed by atoms with E-state index in [9.17, 15) is 4.79 Å². The lowest BCUT2D eigenvalue weighted by atomic mass is 9.73. The summed E-state index contributed by atoms with van der Waals surface area (Å²) in [6, 6.07) is 33.8. The van der Waals surface area contributed by atoms with E-state index in [-0.39, 0.29) is 16.6 Å². The number of hydrogen-bond acceptors (Lipinski definition) is 5. The number of nitrogens with one attached hydrogen (secondary N) is 1. The molecule has 0 spiro atoms. The first-order chi connectivity index (χ1) is 22.2. The average molecular weight is 605 g/mol. The van der Waals surface area contributed by atoms with Crippen LogP contribution in [0.25, 0.3) is 0 Å². The van der Waals surface area contributed by atoms with Gasteiger partial charge in [-0.1, -0.05) is 107 Å². The zero-order chi connectivity index (χ0) is 32.2. The van der Waals surface area contributed by atoms with Crippen molar-refractivity contribution in [1.29, 1.82) is 0 Å². The zero-order valence-electron chi connectivity index (χ0n) is 27.0. The molecule has 230 valence electrons. The van der Waals surface area contributed by atoms with Crippen LogP contribution in [0.4, 0.5) is 22.7 Å². The first-order valence-electron chi connectivity index (χ1n) is 15.9. The number of nitrogens with zero attached hydrogens (tertiary/aromatic N) is 2. The number of nitrogens with two attached hydrogens (primary N) is 1. The molecule has 5 heteroatoms. The number of benzene rings is 4. The smallest absolute Gasteiger partial charge is 0.193 e. The van der Waals surface area contributed by atoms with Crippen LogP contribution in [0.3, 0.4) is 0 Å². The van der Waals surface area contributed by atoms with Gasteiger partial charge in [-0.2, -0.15) is 0 Å². The first kappa shape index (κ1) is 29.6. The SMILES string of the molecule is C=C1C(=O)/C(=C(/C=C\N)N2c3ccccc3C(C)(C)c3ccccc32)CNCC=C1N1c2ccccc2C(C)(C)c2ccccc21. The molecule has 0 aromatic heterocycles. The summed E-state index contributed by atoms with van der Waals surface area (Å²) >= 11 is 0. The van der Waals surface area contributed by atoms with Crippen LogP contribution in [-0.4, -0.2) is 18.9 Å². The summed E-state index contributed by atoms with van der Waals surface area (Å²) in [6.45, 7) is 14.5. The highest BCUT2D eigenvalue weighted by Crippen LogP contribution is 2.52. The van der Waals surface area contributed by atoms with Gasteiger partial charge in [0.15, 0.2) is 5.78 Å². The quantitative estimate of drug-likeness (QED) is 0.231. The number of fused-ring (bicyclic) bond motifs is 4. The van der Waals surface area contributed by atoms with Crippen molar-refractivity contribution in [3.05, 3.63) is 167 Å². The predicted octanol–water partition coefficient (Wildman–Crippen LogP) is 8.28. The number of anilines is 4. The Hall–Kier alpha value is -5.13. The molecule has 3 aliphatic rings. The molecule has 7 rings (SSSR count). The molecule has 0 amide bonds. The van der Waals surface area contributed by atoms with Crippen molar-refractivity contribution in [1.82, 2.24) is 5.32 Å². The molecule has 3 N–H and O–H groups in total. The lowest BCUT2D eigenvalue weighted by Gasteiger charge is -2.44. The van der Waals surface area contributed by atoms with Crippen molar-refractivity contribution in [3.8, 4) is 0 Å². The van der Waals surface area contributed by atoms with Crippen molar-refractivity contribution in [3.63, 3.8) is 0 Å². The fourth-order valence-electron chi connectivity index (χ4n) is 7.56. The number of Topliss-reactive ketones (excluding diaryl/α,β-unsaturated/α-hetero) is 1. The van der Waals surface area contributed by atoms with Gasteiger partial charge in [-0.05, 0) is 64.9 Å². The Kier molecular flexibility index (Phi) is 7.10. The Balaban J connectivity index is 1.40. The van der Waals surface area contributed by atoms with E-state index in [1.54, 1.807) is 0 Å². The predicted molar refractivity (Wildman–Crippen MR) is 190 cm³/mol. The lowest BCUT2D eigenvalue weighted by Crippen LogP contribution is -2.37. The molecule has 0 bridgehead atoms. The number of allylic oxidation sites excluding steroid dienone is 2. The Morgan fingerprint density at radius 2 is 1.17 bits per heavy atom. The van der Waals surface area contributed by atoms with Gasteiger partial charge in [0.2, 0.25) is 0 Å². The third-order valence-electron chi connectivity index (χ3n) is 9.92. The van der Waals surface area contributed by atoms with Crippen molar-refractivity contribution < 1.29 is 4.79 Å². The van der Waals surface area contributed by atoms with Crippen LogP contribution in [-0.2, 0) is 15.6 Å². The fourth-order valence-corrected chi connectivity index (χ4v) is 7.56. The van der Waals surface area contributed by atoms with E-state index in [4.69, 9.17) is 5.73 Å². The summed E-state index contributed by atoms with van der Waals surface area (Å²) in [6.07, 6.45) is 5.47. The van der Waals surface area contributed by atoms with E-state index in [0.717, 1.165) is 34.1 Å². The minimum absolute atomic E-state index is 0.119. The second-order valence-electron chi connectivity index (χ2n) is 13.2. The number of carbonyl (C=O) groups excluding carboxylic acids is 1. The van der Waals surface area contributed by atoms with Gasteiger partial charge in [0.1, 0.15) is 0 Å². The summed E-state index contributed by atoms with van der Waals surface area (Å²) in [4.78, 5) is 19.3. The zero-order valence-corrected chi connectivity index (χ0v) is 27.0. The van der Waals surface area contributed by atoms with Crippen LogP contribution in [0.1, 0.15) is 49.9 Å². The van der Waals surface area contributed by atoms with E-state index < -0.39 is 0 Å². The van der Waals surface area contributed by atoms with Gasteiger partial charge < -0.3 is 20.9 Å². The van der Waals surface area contributed by atoms with E-state index >= 15 is 0 Å². The maximum absolute atomic E-state index is 14.8. The van der Waals surface area contributed by atoms with Gasteiger partial charge in [0.25, 0.3) is 0 Å². The minimum atomic E-state index is -0.225. The second-order valence-corrected chi connectivity index (χ2v) is 13.2. The molecular formula is C41H40N4O. The van der Waals surface area contributed by atoms with Crippen LogP contribution in [0, 0.1) is 0 Å². The molecule has 0 saturated carbocycles. The molecule has 3 heterocycles. The molecule has 3 aliphatic heterocycles. The Labute approximate surface area is 272 Å². The van der Waals surface area contributed by atoms with E-state index in [2.05, 4.69) is 153 Å². The van der Waals surface area contributed by atoms with Crippen LogP contribution in [0.15, 0.2) is 145 Å². The van der Waals surface area contributed by atoms with Gasteiger partial charge in [-0.15, -0.1) is 0 Å². The molecule has 4 aromatic carbocycles. The normalized spacial score (nSPS) is 19.3. The molecule has 0 saturated heterocycles. The van der Waals surface area contributed by atoms with Crippen molar-refractivity contribution >= 4 is 28.5 Å². The number of hydrogen-bond donors (Lipinski definition) is 2. The molecule has 0 aliphatic carbocycles. The molecule has 5 nitrogen and oxygen atoms in total. The topological polar surface area (TPSA) is 61.6 Å². The Morgan fingerprint density at radius 1 is 0.739 bits per heavy atom. The summed E-state index contributed by atoms with van der Waals surface area (Å²) < 4.78 is 0. The molecule has 0 unspecified atom stereocenters. The van der Waals surface area contributed by atoms with Gasteiger partial charge in [-0.3, -0.25) is 4.79 Å². The third kappa shape index (κ3) is 4.38. The van der Waals surface area contributed by atoms with Crippen LogP contribution < -0.4 is 20.9 Å². The van der Waals surface area contributed by atoms with Gasteiger partial charge in [0.05, 0.1) is 34.1 Å². The number of carbonyl (C=O) groups is 1. The Morgan fingerprint density at radius 3 is 1.65 bits per heavy atom. The highest BCUT2D eigenvalue weighted by Gasteiger charge is 2.40. The number of rotatable bonds is 3. The second kappa shape index (κ2) is 11.0. The van der Waals surface area contributed by atoms with E-state index in [0.29, 0.717) is 24.2 Å². The highest BCUT2D eigenvalue weighted by molar-refractivity contribution is 6.13. The molecule has 0 atom stereocenters. The largest absolute Gasteiger partial charge is 0.405 e. The number of ketones is 1. The van der Waals surface area contributed by atoms with Gasteiger partial charge in [-0.25, -0.2) is 0 Å². The standard InChI is InChI=1S/C41H40N4O/c1-27-33(44-35-18-10-6-14-29(35)40(2,3)30-15-7-11-19-36(30)44)23-25-43-26-28(39(27)46)34(22-24-42)45-37-20-12-8-16-31(37)41(4,5)32-17-9-13-21-38(32)45/h6-24,43H,1,25-26,42H2,2-5H3/b24-22-,33-23?,34-28-. The van der Waals surface area contributed by atoms with Crippen molar-refractivity contribution in [2.75, 3.05) is 22.9 Å². The average Bonchev–Trinajstić information content (AvgIpc) is 3.06. The third-order valence-corrected chi connectivity index (χ3v) is 9.92. The Bertz CT molecular complexity index is 1890. The van der Waals surface area contributed by atoms with Gasteiger partial charge in [0, 0.05) is 35.1 Å². The first-order valence-corrected chi connectivity index (χ1v) is 15.9. The maximum Gasteiger partial charge on any atom is 0.193 e. The molecular weight excluding hydrogens is 564 g/mol. The van der Waals surface area contributed by atoms with Crippen LogP contribution in [0.2, 0.25) is 0 Å². The van der Waals surface area contributed by atoms with Crippen molar-refractivity contribution in [2.45, 2.75) is 38.5 Å². The van der Waals surface area contributed by atoms with Crippen LogP contribution >= 0.6 is 0 Å². The highest BCUT2D eigenvalue weighted by atomic mass is 16.1. The summed E-state index contributed by atoms with van der Waals surface area (Å²) in [5, 5.41) is 3.54. The van der Waals surface area contributed by atoms with E-state index in [1.807, 2.05) is 6.08 Å². The molecule has 0 fully saturated rings. The van der Waals surface area contributed by atoms with Gasteiger partial charge >= 0.3 is 0 Å². The monoisotopic (exact) mass is 604 g/mol. The number of para-hydroxylation sites is 4. The lowest BCUT2D eigenvalue weighted by molar-refractivity contribution is -0.112. The van der Waals surface area contributed by atoms with Crippen molar-refractivity contribution in [2.24, 2.45) is 5.73 Å². The maximum atomic E-state index is 14.8. The molecule has 0 radical (unpaired) electrons. The molecule has 4 aromatic rings. The summed E-state index contributed by atoms with van der Waals surface area (Å²) in [5.41, 5.74) is 17.2. The minimum Gasteiger partial charge on any atom is -0.405 e. The van der Waals surface area contributed by atoms with Crippen LogP contribution in [0.5, 0.6) is 0 Å². The summed E-state index contributed by atoms with van der Waals surface area (Å²) in [7, 11) is 0. The molecule has 46 heavy (non-hydrogen) atoms. The fraction of sp³-hybridized carbons (Fsp3) is 0.195. The van der Waals surface area contributed by atoms with E-state index in [1.165, 1.54) is 28.5 Å². The summed E-state index contributed by atoms with van der Waals surface area (Å²) in [5.74, 6) is -0.119.